The number of thiophene rings is 1. The van der Waals surface area contributed by atoms with Crippen LogP contribution in [0.5, 0.6) is 5.75 Å². The minimum Gasteiger partial charge on any atom is -0.507 e. The molecule has 1 aromatic carbocycles. The van der Waals surface area contributed by atoms with Crippen LogP contribution in [0, 0.1) is 12.7 Å². The van der Waals surface area contributed by atoms with Gasteiger partial charge in [-0.25, -0.2) is 4.39 Å². The third-order valence-corrected chi connectivity index (χ3v) is 3.23. The van der Waals surface area contributed by atoms with Gasteiger partial charge < -0.3 is 10.8 Å². The van der Waals surface area contributed by atoms with Gasteiger partial charge in [0.2, 0.25) is 0 Å². The zero-order valence-electron chi connectivity index (χ0n) is 9.18. The Bertz CT molecular complexity index is 501. The Morgan fingerprint density at radius 1 is 1.41 bits per heavy atom. The van der Waals surface area contributed by atoms with Crippen molar-refractivity contribution in [1.29, 1.82) is 0 Å². The number of phenols is 1. The Hall–Kier alpha value is -1.10. The van der Waals surface area contributed by atoms with E-state index in [0.717, 1.165) is 5.56 Å². The van der Waals surface area contributed by atoms with E-state index < -0.39 is 6.04 Å². The fourth-order valence-electron chi connectivity index (χ4n) is 1.63. The molecule has 0 unspecified atom stereocenters. The Morgan fingerprint density at radius 2 is 2.12 bits per heavy atom. The second-order valence-electron chi connectivity index (χ2n) is 3.69. The minimum absolute atomic E-state index is 0. The summed E-state index contributed by atoms with van der Waals surface area (Å²) < 4.78 is 13.2. The molecule has 1 aromatic heterocycles. The molecule has 2 aromatic rings. The highest BCUT2D eigenvalue weighted by Gasteiger charge is 2.16. The van der Waals surface area contributed by atoms with E-state index in [2.05, 4.69) is 0 Å². The molecule has 0 saturated heterocycles. The van der Waals surface area contributed by atoms with Crippen LogP contribution in [0.15, 0.2) is 29.0 Å². The van der Waals surface area contributed by atoms with Gasteiger partial charge in [-0.15, -0.1) is 12.4 Å². The van der Waals surface area contributed by atoms with Crippen LogP contribution < -0.4 is 5.73 Å². The van der Waals surface area contributed by atoms with Gasteiger partial charge in [0.1, 0.15) is 11.6 Å². The summed E-state index contributed by atoms with van der Waals surface area (Å²) in [7, 11) is 0. The second-order valence-corrected chi connectivity index (χ2v) is 4.47. The average Bonchev–Trinajstić information content (AvgIpc) is 2.75. The number of hydrogen-bond acceptors (Lipinski definition) is 3. The molecule has 5 heteroatoms. The van der Waals surface area contributed by atoms with Crippen LogP contribution in [0.1, 0.15) is 22.7 Å². The highest BCUT2D eigenvalue weighted by molar-refractivity contribution is 7.08. The van der Waals surface area contributed by atoms with E-state index in [1.807, 2.05) is 16.8 Å². The fraction of sp³-hybridized carbons (Fsp3) is 0.167. The number of benzene rings is 1. The van der Waals surface area contributed by atoms with E-state index in [4.69, 9.17) is 5.73 Å². The lowest BCUT2D eigenvalue weighted by atomic mass is 9.99. The summed E-state index contributed by atoms with van der Waals surface area (Å²) in [6.45, 7) is 1.66. The Labute approximate surface area is 109 Å². The zero-order valence-corrected chi connectivity index (χ0v) is 10.8. The lowest BCUT2D eigenvalue weighted by molar-refractivity contribution is 0.458. The summed E-state index contributed by atoms with van der Waals surface area (Å²) >= 11 is 1.52. The fourth-order valence-corrected chi connectivity index (χ4v) is 2.33. The Balaban J connectivity index is 0.00000144. The molecule has 2 nitrogen and oxygen atoms in total. The molecule has 0 aliphatic heterocycles. The summed E-state index contributed by atoms with van der Waals surface area (Å²) in [6, 6.07) is 3.96. The van der Waals surface area contributed by atoms with Crippen LogP contribution >= 0.6 is 23.7 Å². The molecule has 1 atom stereocenters. The largest absolute Gasteiger partial charge is 0.507 e. The molecular weight excluding hydrogens is 261 g/mol. The summed E-state index contributed by atoms with van der Waals surface area (Å²) in [5, 5.41) is 13.6. The molecule has 0 fully saturated rings. The van der Waals surface area contributed by atoms with Crippen molar-refractivity contribution in [3.63, 3.8) is 0 Å². The van der Waals surface area contributed by atoms with E-state index in [1.165, 1.54) is 23.5 Å². The van der Waals surface area contributed by atoms with Crippen LogP contribution in [0.25, 0.3) is 0 Å². The second kappa shape index (κ2) is 5.49. The number of rotatable bonds is 2. The normalized spacial score (nSPS) is 11.9. The first-order valence-electron chi connectivity index (χ1n) is 4.86. The third-order valence-electron chi connectivity index (χ3n) is 2.53. The molecule has 1 heterocycles. The molecule has 92 valence electrons. The van der Waals surface area contributed by atoms with Crippen LogP contribution in [0.3, 0.4) is 0 Å². The molecule has 0 bridgehead atoms. The summed E-state index contributed by atoms with van der Waals surface area (Å²) in [5.41, 5.74) is 7.79. The van der Waals surface area contributed by atoms with Gasteiger partial charge in [-0.2, -0.15) is 11.3 Å². The van der Waals surface area contributed by atoms with Crippen molar-refractivity contribution < 1.29 is 9.50 Å². The van der Waals surface area contributed by atoms with E-state index in [1.54, 1.807) is 6.92 Å². The lowest BCUT2D eigenvalue weighted by Crippen LogP contribution is -2.11. The molecular formula is C12H13ClFNOS. The maximum Gasteiger partial charge on any atom is 0.124 e. The highest BCUT2D eigenvalue weighted by atomic mass is 35.5. The molecule has 0 aliphatic carbocycles. The number of phenolic OH excluding ortho intramolecular Hbond substituents is 1. The summed E-state index contributed by atoms with van der Waals surface area (Å²) in [4.78, 5) is 0. The molecule has 0 spiro atoms. The number of halogens is 2. The molecule has 0 saturated carbocycles. The minimum atomic E-state index is -0.486. The van der Waals surface area contributed by atoms with Crippen LogP contribution in [-0.2, 0) is 0 Å². The van der Waals surface area contributed by atoms with Crippen molar-refractivity contribution in [3.8, 4) is 5.75 Å². The van der Waals surface area contributed by atoms with Gasteiger partial charge in [-0.3, -0.25) is 0 Å². The monoisotopic (exact) mass is 273 g/mol. The van der Waals surface area contributed by atoms with Crippen LogP contribution in [-0.4, -0.2) is 5.11 Å². The van der Waals surface area contributed by atoms with Gasteiger partial charge in [0.25, 0.3) is 0 Å². The van der Waals surface area contributed by atoms with Crippen LogP contribution in [0.2, 0.25) is 0 Å². The predicted octanol–water partition coefficient (Wildman–Crippen LogP) is 3.37. The van der Waals surface area contributed by atoms with Crippen molar-refractivity contribution in [2.24, 2.45) is 5.73 Å². The van der Waals surface area contributed by atoms with Crippen molar-refractivity contribution in [2.45, 2.75) is 13.0 Å². The topological polar surface area (TPSA) is 46.2 Å². The summed E-state index contributed by atoms with van der Waals surface area (Å²) in [6.07, 6.45) is 0. The van der Waals surface area contributed by atoms with Gasteiger partial charge in [-0.05, 0) is 47.0 Å². The number of aryl methyl sites for hydroxylation is 1. The predicted molar refractivity (Wildman–Crippen MR) is 70.4 cm³/mol. The van der Waals surface area contributed by atoms with Gasteiger partial charge in [0.05, 0.1) is 6.04 Å². The molecule has 0 amide bonds. The van der Waals surface area contributed by atoms with Crippen molar-refractivity contribution in [2.75, 3.05) is 0 Å². The zero-order chi connectivity index (χ0) is 11.7. The quantitative estimate of drug-likeness (QED) is 0.881. The standard InChI is InChI=1S/C12H12FNOS.ClH/c1-7-4-9(13)5-10(12(7)15)11(14)8-2-3-16-6-8;/h2-6,11,15H,14H2,1H3;1H/t11-;/m0./s1. The smallest absolute Gasteiger partial charge is 0.124 e. The highest BCUT2D eigenvalue weighted by Crippen LogP contribution is 2.31. The van der Waals surface area contributed by atoms with Gasteiger partial charge in [0, 0.05) is 5.56 Å². The Kier molecular flexibility index (Phi) is 4.51. The lowest BCUT2D eigenvalue weighted by Gasteiger charge is -2.14. The first-order chi connectivity index (χ1) is 7.59. The SMILES string of the molecule is Cc1cc(F)cc([C@@H](N)c2ccsc2)c1O.Cl. The summed E-state index contributed by atoms with van der Waals surface area (Å²) in [5.74, 6) is -0.309. The molecule has 17 heavy (non-hydrogen) atoms. The van der Waals surface area contributed by atoms with Gasteiger partial charge in [-0.1, -0.05) is 0 Å². The molecule has 0 radical (unpaired) electrons. The van der Waals surface area contributed by atoms with E-state index >= 15 is 0 Å². The van der Waals surface area contributed by atoms with Crippen molar-refractivity contribution in [1.82, 2.24) is 0 Å². The average molecular weight is 274 g/mol. The van der Waals surface area contributed by atoms with Crippen molar-refractivity contribution >= 4 is 23.7 Å². The first-order valence-corrected chi connectivity index (χ1v) is 5.80. The first kappa shape index (κ1) is 14.0. The van der Waals surface area contributed by atoms with E-state index in [0.29, 0.717) is 11.1 Å². The molecule has 0 aliphatic rings. The number of hydrogen-bond donors (Lipinski definition) is 2. The van der Waals surface area contributed by atoms with Crippen molar-refractivity contribution in [3.05, 3.63) is 51.5 Å². The van der Waals surface area contributed by atoms with E-state index in [-0.39, 0.29) is 24.0 Å². The molecule has 2 rings (SSSR count). The number of nitrogens with two attached hydrogens (primary N) is 1. The van der Waals surface area contributed by atoms with Gasteiger partial charge in [0.15, 0.2) is 0 Å². The number of aromatic hydroxyl groups is 1. The van der Waals surface area contributed by atoms with Gasteiger partial charge >= 0.3 is 0 Å². The maximum absolute atomic E-state index is 13.2. The Morgan fingerprint density at radius 3 is 2.71 bits per heavy atom. The van der Waals surface area contributed by atoms with Crippen LogP contribution in [0.4, 0.5) is 4.39 Å². The third kappa shape index (κ3) is 2.77. The maximum atomic E-state index is 13.2. The van der Waals surface area contributed by atoms with E-state index in [9.17, 15) is 9.50 Å². The molecule has 3 N–H and O–H groups in total.